The van der Waals surface area contributed by atoms with Crippen LogP contribution in [0.5, 0.6) is 0 Å². The van der Waals surface area contributed by atoms with Crippen LogP contribution in [-0.4, -0.2) is 578 Å². The Kier molecular flexibility index (Phi) is 87.0. The second kappa shape index (κ2) is 85.6. The van der Waals surface area contributed by atoms with Crippen LogP contribution in [0.25, 0.3) is 0 Å². The topological polar surface area (TPSA) is 425 Å². The Morgan fingerprint density at radius 3 is 0.590 bits per heavy atom. The van der Waals surface area contributed by atoms with Gasteiger partial charge in [-0.3, -0.25) is 0 Å². The first-order valence-electron chi connectivity index (χ1n) is 43.4. The van der Waals surface area contributed by atoms with Gasteiger partial charge in [-0.2, -0.15) is 0 Å². The maximum Gasteiger partial charge on any atom is 0.186 e. The molecule has 6 heterocycles. The Morgan fingerprint density at radius 2 is 0.403 bits per heavy atom. The Hall–Kier alpha value is -1.84. The normalized spacial score (nSPS) is 32.3. The molecular weight excluding hydrogens is 1790 g/mol. The predicted molar refractivity (Wildman–Crippen MR) is 484 cm³/mol. The second-order valence-corrected chi connectivity index (χ2v) is 29.8. The molecule has 0 aromatic rings. The molecule has 6 aliphatic heterocycles. The summed E-state index contributed by atoms with van der Waals surface area (Å²) in [6.07, 6.45) is -8.45. The molecule has 0 saturated carbocycles. The fourth-order valence-corrected chi connectivity index (χ4v) is 15.6. The van der Waals surface area contributed by atoms with Crippen LogP contribution in [0.2, 0.25) is 0 Å². The van der Waals surface area contributed by atoms with Crippen molar-refractivity contribution >= 4 is 0 Å². The number of ether oxygens (including phenoxy) is 46. The van der Waals surface area contributed by atoms with Crippen molar-refractivity contribution in [2.75, 3.05) is 364 Å². The lowest BCUT2D eigenvalue weighted by molar-refractivity contribution is -0.307. The Labute approximate surface area is 800 Å². The molecule has 6 fully saturated rings. The summed E-state index contributed by atoms with van der Waals surface area (Å²) in [5, 5.41) is 0. The van der Waals surface area contributed by atoms with E-state index < -0.39 is 31.5 Å². The summed E-state index contributed by atoms with van der Waals surface area (Å²) in [4.78, 5) is 0. The van der Waals surface area contributed by atoms with Gasteiger partial charge in [-0.1, -0.05) is 0 Å². The highest BCUT2D eigenvalue weighted by molar-refractivity contribution is 4.97. The maximum atomic E-state index is 5.81. The second-order valence-electron chi connectivity index (χ2n) is 29.8. The van der Waals surface area contributed by atoms with Gasteiger partial charge in [0.25, 0.3) is 0 Å². The van der Waals surface area contributed by atoms with E-state index in [2.05, 4.69) is 0 Å². The average molecular weight is 1980 g/mol. The maximum absolute atomic E-state index is 5.81. The van der Waals surface area contributed by atoms with Crippen molar-refractivity contribution in [2.45, 2.75) is 221 Å². The molecule has 46 heteroatoms. The third-order valence-corrected chi connectivity index (χ3v) is 22.4. The third kappa shape index (κ3) is 45.6. The first-order valence-corrected chi connectivity index (χ1v) is 43.4. The molecule has 6 aliphatic rings. The van der Waals surface area contributed by atoms with E-state index in [9.17, 15) is 0 Å². The van der Waals surface area contributed by atoms with Gasteiger partial charge in [0.05, 0.1) is 85.4 Å². The van der Waals surface area contributed by atoms with Gasteiger partial charge < -0.3 is 218 Å². The molecule has 0 radical (unpaired) electrons. The van der Waals surface area contributed by atoms with Gasteiger partial charge in [-0.05, 0) is 6.92 Å². The first kappa shape index (κ1) is 136. The highest BCUT2D eigenvalue weighted by Gasteiger charge is 2.52. The van der Waals surface area contributed by atoms with Gasteiger partial charge in [0, 0.05) is 284 Å². The van der Waals surface area contributed by atoms with Crippen LogP contribution in [0.4, 0.5) is 0 Å². The van der Waals surface area contributed by atoms with Gasteiger partial charge in [0.1, 0.15) is 177 Å². The monoisotopic (exact) mass is 1980 g/mol. The van der Waals surface area contributed by atoms with Gasteiger partial charge in [0.2, 0.25) is 0 Å². The van der Waals surface area contributed by atoms with Crippen LogP contribution in [0.3, 0.4) is 0 Å². The molecule has 0 aromatic carbocycles. The molecule has 0 spiro atoms. The molecule has 46 nitrogen and oxygen atoms in total. The van der Waals surface area contributed by atoms with E-state index in [1.165, 1.54) is 0 Å². The van der Waals surface area contributed by atoms with Crippen molar-refractivity contribution in [1.82, 2.24) is 0 Å². The molecule has 0 aromatic heterocycles. The van der Waals surface area contributed by atoms with Crippen LogP contribution in [0.15, 0.2) is 0 Å². The quantitative estimate of drug-likeness (QED) is 0.0835. The van der Waals surface area contributed by atoms with Crippen molar-refractivity contribution in [3.05, 3.63) is 0 Å². The van der Waals surface area contributed by atoms with E-state index in [1.54, 1.807) is 284 Å². The van der Waals surface area contributed by atoms with Crippen LogP contribution in [0, 0.1) is 0 Å². The SMILES string of the molecule is COC1OC[C@@H](OC)[C@H](OC)C1OC.COCC(COC)OC.COCC1OC(C)C(OC)[C@@H](OC)[C@@H]1OC.COCC1OC(OC)C(OC)[C@@H](OC)[C@@H]1OC.COCC1OC(OC)C(OC)[C@@H](OC)[C@H]1OC.COCC1OC(OC)C(OC)[C@@H](OC)[C@H]1OC.COCC1OC(OC)C(OC)[C@@H](OC)[C@H]1OC.COC[C@H](OC)C(OC)[C@@H](COC)OC.COC[C@H](OC)[C@@H](COC)OC. The molecule has 6 rings (SSSR count). The first-order chi connectivity index (χ1) is 64.8. The van der Waals surface area contributed by atoms with Gasteiger partial charge >= 0.3 is 0 Å². The highest BCUT2D eigenvalue weighted by Crippen LogP contribution is 2.33. The van der Waals surface area contributed by atoms with E-state index >= 15 is 0 Å². The molecular formula is C88H182O46. The van der Waals surface area contributed by atoms with Gasteiger partial charge in [-0.25, -0.2) is 0 Å². The number of methoxy groups -OCH3 is 40. The Balaban J connectivity index is -0.00000145. The minimum Gasteiger partial charge on any atom is -0.382 e. The fourth-order valence-electron chi connectivity index (χ4n) is 15.6. The number of hydrogen-bond acceptors (Lipinski definition) is 46. The Bertz CT molecular complexity index is 2290. The van der Waals surface area contributed by atoms with E-state index in [4.69, 9.17) is 218 Å². The summed E-state index contributed by atoms with van der Waals surface area (Å²) in [5.41, 5.74) is 0. The minimum atomic E-state index is -0.489. The van der Waals surface area contributed by atoms with E-state index in [1.807, 2.05) is 6.92 Å². The van der Waals surface area contributed by atoms with Crippen molar-refractivity contribution in [1.29, 1.82) is 0 Å². The molecule has 0 N–H and O–H groups in total. The zero-order valence-corrected chi connectivity index (χ0v) is 88.5. The van der Waals surface area contributed by atoms with Crippen LogP contribution >= 0.6 is 0 Å². The third-order valence-electron chi connectivity index (χ3n) is 22.4. The lowest BCUT2D eigenvalue weighted by atomic mass is 9.95. The van der Waals surface area contributed by atoms with E-state index in [0.717, 1.165) is 0 Å². The van der Waals surface area contributed by atoms with E-state index in [-0.39, 0.29) is 183 Å². The standard InChI is InChI=1S/4C11H22O6.C11H22O5.C10H22O5.C9H18O5.C8H18O4.C6H14O3/c4*1-12-6-7-8(13-2)9(14-3)10(15-4)11(16-5)17-7;1-7-9(13-3)11(15-5)10(14-4)8(16-7)6-12-2;1-11-6-8(13-3)10(15-5)9(14-4)7-12-2;1-10-6-5-14-9(13-4)8(12-3)7(6)11-2;1-9-5-7(11-3)8(12-4)6-10-2;1-7-4-6(9-3)5-8-2/h4*7-11H,6H2,1-5H3;7-11H,6H2,1-5H3;8-10H,6-7H2,1-5H3;6-9H,5H2,1-4H3;7-8H,5-6H2,1-4H3;6H,4-5H2,1-3H3/t7?,8-,9+,10?,11?;3*7?,8-,9-,10?,11?;7?,8?,9?,10-,11-;8-,9+,10?;6-,7+,8?,9?;7-,8+;/m10001.1../s1. The molecule has 134 heavy (non-hydrogen) atoms. The van der Waals surface area contributed by atoms with Crippen molar-refractivity contribution in [3.63, 3.8) is 0 Å². The minimum absolute atomic E-state index is 0.0403. The number of rotatable bonds is 54. The highest BCUT2D eigenvalue weighted by atomic mass is 16.8. The van der Waals surface area contributed by atoms with Crippen LogP contribution < -0.4 is 0 Å². The fraction of sp³-hybridized carbons (Fsp3) is 1.00. The zero-order chi connectivity index (χ0) is 102. The summed E-state index contributed by atoms with van der Waals surface area (Å²) in [6.45, 7) is 7.66. The van der Waals surface area contributed by atoms with Crippen molar-refractivity contribution < 1.29 is 218 Å². The largest absolute Gasteiger partial charge is 0.382 e. The smallest absolute Gasteiger partial charge is 0.186 e. The molecule has 6 saturated heterocycles. The lowest BCUT2D eigenvalue weighted by Gasteiger charge is -2.44. The lowest BCUT2D eigenvalue weighted by Crippen LogP contribution is -2.61. The summed E-state index contributed by atoms with van der Waals surface area (Å²) < 4.78 is 244. The van der Waals surface area contributed by atoms with Crippen molar-refractivity contribution in [3.8, 4) is 0 Å². The molecule has 810 valence electrons. The Morgan fingerprint density at radius 1 is 0.187 bits per heavy atom. The summed E-state index contributed by atoms with van der Waals surface area (Å²) >= 11 is 0. The molecule has 34 atom stereocenters. The molecule has 0 amide bonds. The van der Waals surface area contributed by atoms with Gasteiger partial charge in [0.15, 0.2) is 31.5 Å². The molecule has 0 aliphatic carbocycles. The van der Waals surface area contributed by atoms with Gasteiger partial charge in [-0.15, -0.1) is 0 Å². The van der Waals surface area contributed by atoms with Crippen molar-refractivity contribution in [2.24, 2.45) is 0 Å². The van der Waals surface area contributed by atoms with Crippen LogP contribution in [0.1, 0.15) is 6.92 Å². The molecule has 18 unspecified atom stereocenters. The average Bonchev–Trinajstić information content (AvgIpc) is 0.799. The molecule has 0 bridgehead atoms. The summed E-state index contributed by atoms with van der Waals surface area (Å²) in [5.74, 6) is 0. The predicted octanol–water partition coefficient (Wildman–Crippen LogP) is 1.62. The summed E-state index contributed by atoms with van der Waals surface area (Å²) in [7, 11) is 64.6. The summed E-state index contributed by atoms with van der Waals surface area (Å²) in [6, 6.07) is 0. The van der Waals surface area contributed by atoms with Crippen LogP contribution in [-0.2, 0) is 218 Å². The number of hydrogen-bond donors (Lipinski definition) is 0. The van der Waals surface area contributed by atoms with E-state index in [0.29, 0.717) is 79.3 Å². The zero-order valence-electron chi connectivity index (χ0n) is 88.5.